The number of hydrogen-bond acceptors (Lipinski definition) is 2. The first-order valence-corrected chi connectivity index (χ1v) is 6.60. The summed E-state index contributed by atoms with van der Waals surface area (Å²) in [6.07, 6.45) is -2.66. The van der Waals surface area contributed by atoms with Crippen molar-refractivity contribution in [3.8, 4) is 11.4 Å². The molecule has 0 atom stereocenters. The zero-order chi connectivity index (χ0) is 14.0. The summed E-state index contributed by atoms with van der Waals surface area (Å²) in [5.74, 6) is 0.425. The SMILES string of the molecule is Cc1cnc(-c2ccc(C(F)(F)F)cc2)nc1CBr. The maximum absolute atomic E-state index is 12.5. The molecule has 0 aliphatic rings. The molecule has 0 radical (unpaired) electrons. The van der Waals surface area contributed by atoms with E-state index in [4.69, 9.17) is 0 Å². The number of nitrogens with zero attached hydrogens (tertiary/aromatic N) is 2. The number of alkyl halides is 4. The topological polar surface area (TPSA) is 25.8 Å². The predicted octanol–water partition coefficient (Wildman–Crippen LogP) is 4.37. The number of aromatic nitrogens is 2. The minimum absolute atomic E-state index is 0.425. The molecule has 0 bridgehead atoms. The van der Waals surface area contributed by atoms with Crippen LogP contribution in [0.5, 0.6) is 0 Å². The van der Waals surface area contributed by atoms with Gasteiger partial charge in [0.1, 0.15) is 0 Å². The van der Waals surface area contributed by atoms with Gasteiger partial charge in [-0.1, -0.05) is 28.1 Å². The van der Waals surface area contributed by atoms with Crippen LogP contribution in [0, 0.1) is 6.92 Å². The summed E-state index contributed by atoms with van der Waals surface area (Å²) < 4.78 is 37.4. The van der Waals surface area contributed by atoms with Crippen molar-refractivity contribution in [3.05, 3.63) is 47.3 Å². The van der Waals surface area contributed by atoms with Crippen molar-refractivity contribution in [2.75, 3.05) is 0 Å². The number of halogens is 4. The van der Waals surface area contributed by atoms with Crippen molar-refractivity contribution >= 4 is 15.9 Å². The number of benzene rings is 1. The lowest BCUT2D eigenvalue weighted by molar-refractivity contribution is -0.137. The van der Waals surface area contributed by atoms with Gasteiger partial charge in [0.25, 0.3) is 0 Å². The fourth-order valence-electron chi connectivity index (χ4n) is 1.56. The van der Waals surface area contributed by atoms with E-state index in [9.17, 15) is 13.2 Å². The van der Waals surface area contributed by atoms with Gasteiger partial charge in [0, 0.05) is 17.1 Å². The molecular formula is C13H10BrF3N2. The molecule has 0 N–H and O–H groups in total. The van der Waals surface area contributed by atoms with Crippen molar-refractivity contribution in [1.29, 1.82) is 0 Å². The van der Waals surface area contributed by atoms with E-state index in [1.165, 1.54) is 12.1 Å². The zero-order valence-electron chi connectivity index (χ0n) is 10.0. The van der Waals surface area contributed by atoms with Crippen LogP contribution < -0.4 is 0 Å². The first-order valence-electron chi connectivity index (χ1n) is 5.48. The van der Waals surface area contributed by atoms with E-state index in [1.807, 2.05) is 6.92 Å². The second-order valence-electron chi connectivity index (χ2n) is 4.03. The van der Waals surface area contributed by atoms with Gasteiger partial charge in [0.2, 0.25) is 0 Å². The van der Waals surface area contributed by atoms with Crippen LogP contribution in [0.3, 0.4) is 0 Å². The van der Waals surface area contributed by atoms with Crippen molar-refractivity contribution in [2.24, 2.45) is 0 Å². The molecular weight excluding hydrogens is 321 g/mol. The normalized spacial score (nSPS) is 11.6. The Bertz CT molecular complexity index is 579. The quantitative estimate of drug-likeness (QED) is 0.764. The Morgan fingerprint density at radius 3 is 2.32 bits per heavy atom. The molecule has 0 saturated carbocycles. The molecule has 0 unspecified atom stereocenters. The van der Waals surface area contributed by atoms with E-state index in [-0.39, 0.29) is 0 Å². The maximum Gasteiger partial charge on any atom is 0.416 e. The highest BCUT2D eigenvalue weighted by Gasteiger charge is 2.30. The van der Waals surface area contributed by atoms with Crippen LogP contribution >= 0.6 is 15.9 Å². The van der Waals surface area contributed by atoms with Gasteiger partial charge in [-0.15, -0.1) is 0 Å². The third kappa shape index (κ3) is 3.12. The average molecular weight is 331 g/mol. The Hall–Kier alpha value is -1.43. The third-order valence-corrected chi connectivity index (χ3v) is 3.20. The van der Waals surface area contributed by atoms with Crippen LogP contribution in [0.4, 0.5) is 13.2 Å². The molecule has 0 amide bonds. The lowest BCUT2D eigenvalue weighted by Crippen LogP contribution is -2.04. The summed E-state index contributed by atoms with van der Waals surface area (Å²) in [4.78, 5) is 8.45. The van der Waals surface area contributed by atoms with Crippen LogP contribution in [0.2, 0.25) is 0 Å². The number of aryl methyl sites for hydroxylation is 1. The van der Waals surface area contributed by atoms with Gasteiger partial charge in [-0.3, -0.25) is 0 Å². The van der Waals surface area contributed by atoms with Crippen LogP contribution in [0.1, 0.15) is 16.8 Å². The van der Waals surface area contributed by atoms with Crippen molar-refractivity contribution in [2.45, 2.75) is 18.4 Å². The van der Waals surface area contributed by atoms with Gasteiger partial charge in [0.05, 0.1) is 11.3 Å². The lowest BCUT2D eigenvalue weighted by Gasteiger charge is -2.08. The molecule has 1 heterocycles. The molecule has 1 aromatic carbocycles. The molecule has 2 rings (SSSR count). The highest BCUT2D eigenvalue weighted by molar-refractivity contribution is 9.08. The maximum atomic E-state index is 12.5. The fourth-order valence-corrected chi connectivity index (χ4v) is 2.13. The first-order chi connectivity index (χ1) is 8.91. The molecule has 6 heteroatoms. The molecule has 0 aliphatic carbocycles. The Balaban J connectivity index is 2.37. The van der Waals surface area contributed by atoms with E-state index in [1.54, 1.807) is 6.20 Å². The van der Waals surface area contributed by atoms with Gasteiger partial charge in [-0.2, -0.15) is 13.2 Å². The Labute approximate surface area is 116 Å². The van der Waals surface area contributed by atoms with Crippen molar-refractivity contribution in [3.63, 3.8) is 0 Å². The van der Waals surface area contributed by atoms with E-state index in [2.05, 4.69) is 25.9 Å². The average Bonchev–Trinajstić information content (AvgIpc) is 2.38. The van der Waals surface area contributed by atoms with Gasteiger partial charge in [-0.25, -0.2) is 9.97 Å². The standard InChI is InChI=1S/C13H10BrF3N2/c1-8-7-18-12(19-11(8)6-14)9-2-4-10(5-3-9)13(15,16)17/h2-5,7H,6H2,1H3. The van der Waals surface area contributed by atoms with Crippen LogP contribution in [0.25, 0.3) is 11.4 Å². The van der Waals surface area contributed by atoms with E-state index >= 15 is 0 Å². The van der Waals surface area contributed by atoms with Gasteiger partial charge in [0.15, 0.2) is 5.82 Å². The summed E-state index contributed by atoms with van der Waals surface area (Å²) in [6.45, 7) is 1.88. The third-order valence-electron chi connectivity index (χ3n) is 2.67. The largest absolute Gasteiger partial charge is 0.416 e. The summed E-state index contributed by atoms with van der Waals surface area (Å²) in [6, 6.07) is 4.83. The van der Waals surface area contributed by atoms with E-state index in [0.29, 0.717) is 16.7 Å². The minimum atomic E-state index is -4.33. The Kier molecular flexibility index (Phi) is 3.89. The van der Waals surface area contributed by atoms with Crippen LogP contribution in [-0.4, -0.2) is 9.97 Å². The van der Waals surface area contributed by atoms with Gasteiger partial charge in [-0.05, 0) is 24.6 Å². The zero-order valence-corrected chi connectivity index (χ0v) is 11.6. The van der Waals surface area contributed by atoms with E-state index < -0.39 is 11.7 Å². The smallest absolute Gasteiger partial charge is 0.236 e. The summed E-state index contributed by atoms with van der Waals surface area (Å²) >= 11 is 3.31. The second kappa shape index (κ2) is 5.28. The Morgan fingerprint density at radius 2 is 1.79 bits per heavy atom. The molecule has 2 aromatic rings. The first kappa shape index (κ1) is 14.0. The molecule has 19 heavy (non-hydrogen) atoms. The molecule has 0 aliphatic heterocycles. The highest BCUT2D eigenvalue weighted by Crippen LogP contribution is 2.30. The van der Waals surface area contributed by atoms with Crippen molar-refractivity contribution < 1.29 is 13.2 Å². The molecule has 2 nitrogen and oxygen atoms in total. The van der Waals surface area contributed by atoms with Crippen LogP contribution in [-0.2, 0) is 11.5 Å². The predicted molar refractivity (Wildman–Crippen MR) is 69.8 cm³/mol. The summed E-state index contributed by atoms with van der Waals surface area (Å²) in [5.41, 5.74) is 1.65. The molecule has 0 saturated heterocycles. The minimum Gasteiger partial charge on any atom is -0.236 e. The van der Waals surface area contributed by atoms with Gasteiger partial charge >= 0.3 is 6.18 Å². The number of hydrogen-bond donors (Lipinski definition) is 0. The van der Waals surface area contributed by atoms with Crippen molar-refractivity contribution in [1.82, 2.24) is 9.97 Å². The summed E-state index contributed by atoms with van der Waals surface area (Å²) in [7, 11) is 0. The Morgan fingerprint density at radius 1 is 1.16 bits per heavy atom. The molecule has 0 spiro atoms. The van der Waals surface area contributed by atoms with E-state index in [0.717, 1.165) is 23.4 Å². The summed E-state index contributed by atoms with van der Waals surface area (Å²) in [5, 5.41) is 0.578. The second-order valence-corrected chi connectivity index (χ2v) is 4.59. The van der Waals surface area contributed by atoms with Gasteiger partial charge < -0.3 is 0 Å². The molecule has 1 aromatic heterocycles. The lowest BCUT2D eigenvalue weighted by atomic mass is 10.1. The highest BCUT2D eigenvalue weighted by atomic mass is 79.9. The van der Waals surface area contributed by atoms with Crippen LogP contribution in [0.15, 0.2) is 30.5 Å². The molecule has 0 fully saturated rings. The monoisotopic (exact) mass is 330 g/mol. The number of rotatable bonds is 2. The molecule has 100 valence electrons. The fraction of sp³-hybridized carbons (Fsp3) is 0.231.